The van der Waals surface area contributed by atoms with Crippen molar-refractivity contribution in [3.63, 3.8) is 0 Å². The molecular formula is C12H7ClN6S4. The van der Waals surface area contributed by atoms with E-state index in [-0.39, 0.29) is 0 Å². The van der Waals surface area contributed by atoms with Gasteiger partial charge < -0.3 is 0 Å². The standard InChI is InChI=1S/C12H7ClN6S4/c13-8-2-6(4-14-9-16-18-11(20)22-9)1-7(3-8)5-15-10-17-19-12(21)23-10/h1-5H,(H,18,20)(H,19,21)/b14-4+,15-5+. The van der Waals surface area contributed by atoms with Gasteiger partial charge in [0.05, 0.1) is 0 Å². The number of aliphatic imine (C=N–C) groups is 2. The molecule has 0 unspecified atom stereocenters. The quantitative estimate of drug-likeness (QED) is 0.485. The maximum Gasteiger partial charge on any atom is 0.230 e. The molecule has 0 fully saturated rings. The van der Waals surface area contributed by atoms with E-state index in [1.807, 2.05) is 6.07 Å². The molecule has 116 valence electrons. The molecule has 0 bridgehead atoms. The van der Waals surface area contributed by atoms with Crippen LogP contribution in [-0.4, -0.2) is 32.8 Å². The van der Waals surface area contributed by atoms with Crippen molar-refractivity contribution in [2.24, 2.45) is 9.98 Å². The topological polar surface area (TPSA) is 82.1 Å². The van der Waals surface area contributed by atoms with Gasteiger partial charge >= 0.3 is 0 Å². The zero-order valence-electron chi connectivity index (χ0n) is 11.2. The van der Waals surface area contributed by atoms with Crippen molar-refractivity contribution < 1.29 is 0 Å². The van der Waals surface area contributed by atoms with E-state index in [9.17, 15) is 0 Å². The number of benzene rings is 1. The highest BCUT2D eigenvalue weighted by Crippen LogP contribution is 2.18. The van der Waals surface area contributed by atoms with Crippen LogP contribution in [0.5, 0.6) is 0 Å². The Balaban J connectivity index is 1.84. The summed E-state index contributed by atoms with van der Waals surface area (Å²) in [4.78, 5) is 8.51. The third kappa shape index (κ3) is 4.69. The van der Waals surface area contributed by atoms with E-state index in [1.54, 1.807) is 24.6 Å². The molecule has 0 spiro atoms. The fourth-order valence-corrected chi connectivity index (χ4v) is 3.30. The smallest absolute Gasteiger partial charge is 0.230 e. The maximum absolute atomic E-state index is 6.13. The molecule has 2 heterocycles. The number of hydrogen-bond acceptors (Lipinski definition) is 8. The predicted octanol–water partition coefficient (Wildman–Crippen LogP) is 4.87. The minimum Gasteiger partial charge on any atom is -0.256 e. The van der Waals surface area contributed by atoms with Gasteiger partial charge in [-0.05, 0) is 53.8 Å². The van der Waals surface area contributed by atoms with Crippen LogP contribution in [0.3, 0.4) is 0 Å². The Morgan fingerprint density at radius 3 is 1.78 bits per heavy atom. The van der Waals surface area contributed by atoms with Gasteiger partial charge in [0.15, 0.2) is 7.91 Å². The Kier molecular flexibility index (Phi) is 5.18. The summed E-state index contributed by atoms with van der Waals surface area (Å²) in [5.41, 5.74) is 1.66. The third-order valence-electron chi connectivity index (χ3n) is 2.44. The molecule has 0 saturated carbocycles. The van der Waals surface area contributed by atoms with E-state index in [2.05, 4.69) is 30.4 Å². The van der Waals surface area contributed by atoms with Crippen LogP contribution in [0.15, 0.2) is 28.2 Å². The second-order valence-electron chi connectivity index (χ2n) is 4.13. The van der Waals surface area contributed by atoms with Crippen molar-refractivity contribution in [1.82, 2.24) is 20.4 Å². The molecule has 6 nitrogen and oxygen atoms in total. The molecule has 3 rings (SSSR count). The molecule has 0 aliphatic carbocycles. The van der Waals surface area contributed by atoms with E-state index in [0.29, 0.717) is 23.2 Å². The molecule has 23 heavy (non-hydrogen) atoms. The molecule has 0 atom stereocenters. The minimum absolute atomic E-state index is 0.557. The molecule has 0 amide bonds. The Hall–Kier alpha value is -1.59. The van der Waals surface area contributed by atoms with Crippen LogP contribution in [0.4, 0.5) is 10.3 Å². The average Bonchev–Trinajstić information content (AvgIpc) is 3.11. The lowest BCUT2D eigenvalue weighted by atomic mass is 10.1. The first kappa shape index (κ1) is 16.3. The number of nitrogens with one attached hydrogen (secondary N) is 2. The largest absolute Gasteiger partial charge is 0.256 e. The van der Waals surface area contributed by atoms with Gasteiger partial charge in [-0.2, -0.15) is 0 Å². The van der Waals surface area contributed by atoms with Crippen molar-refractivity contribution in [1.29, 1.82) is 0 Å². The van der Waals surface area contributed by atoms with E-state index in [4.69, 9.17) is 36.0 Å². The Labute approximate surface area is 153 Å². The van der Waals surface area contributed by atoms with Crippen molar-refractivity contribution in [2.75, 3.05) is 0 Å². The van der Waals surface area contributed by atoms with Gasteiger partial charge in [-0.15, -0.1) is 10.2 Å². The van der Waals surface area contributed by atoms with Gasteiger partial charge in [0.1, 0.15) is 0 Å². The van der Waals surface area contributed by atoms with Gasteiger partial charge in [0.25, 0.3) is 0 Å². The normalized spacial score (nSPS) is 11.7. The summed E-state index contributed by atoms with van der Waals surface area (Å²) in [6, 6.07) is 5.50. The van der Waals surface area contributed by atoms with Gasteiger partial charge in [-0.25, -0.2) is 9.98 Å². The van der Waals surface area contributed by atoms with E-state index in [1.165, 1.54) is 22.7 Å². The first-order chi connectivity index (χ1) is 11.1. The van der Waals surface area contributed by atoms with Crippen LogP contribution in [0.1, 0.15) is 11.1 Å². The summed E-state index contributed by atoms with van der Waals surface area (Å²) in [5, 5.41) is 15.0. The van der Waals surface area contributed by atoms with Gasteiger partial charge in [-0.3, -0.25) is 10.2 Å². The zero-order valence-corrected chi connectivity index (χ0v) is 15.2. The molecule has 11 heteroatoms. The predicted molar refractivity (Wildman–Crippen MR) is 101 cm³/mol. The molecule has 3 aromatic rings. The lowest BCUT2D eigenvalue weighted by molar-refractivity contribution is 1.07. The zero-order chi connectivity index (χ0) is 16.2. The Morgan fingerprint density at radius 1 is 0.913 bits per heavy atom. The van der Waals surface area contributed by atoms with E-state index < -0.39 is 0 Å². The fourth-order valence-electron chi connectivity index (χ4n) is 1.60. The number of H-pyrrole nitrogens is 2. The van der Waals surface area contributed by atoms with Crippen LogP contribution >= 0.6 is 58.7 Å². The Morgan fingerprint density at radius 2 is 1.39 bits per heavy atom. The molecule has 0 aliphatic rings. The van der Waals surface area contributed by atoms with E-state index in [0.717, 1.165) is 11.1 Å². The van der Waals surface area contributed by atoms with E-state index >= 15 is 0 Å². The molecule has 1 aromatic carbocycles. The second-order valence-corrected chi connectivity index (χ2v) is 7.85. The number of hydrogen-bond donors (Lipinski definition) is 2. The number of halogens is 1. The summed E-state index contributed by atoms with van der Waals surface area (Å²) in [6.07, 6.45) is 3.34. The molecule has 2 aromatic heterocycles. The minimum atomic E-state index is 0.557. The SMILES string of the molecule is S=c1[nH]nc(/N=C/c2cc(Cl)cc(/C=N/c3n[nH]c(=S)s3)c2)s1. The second kappa shape index (κ2) is 7.32. The summed E-state index contributed by atoms with van der Waals surface area (Å²) in [5.74, 6) is 0. The van der Waals surface area contributed by atoms with Crippen LogP contribution in [0.25, 0.3) is 0 Å². The summed E-state index contributed by atoms with van der Waals surface area (Å²) in [6.45, 7) is 0. The molecule has 2 N–H and O–H groups in total. The molecular weight excluding hydrogens is 392 g/mol. The highest BCUT2D eigenvalue weighted by atomic mass is 35.5. The summed E-state index contributed by atoms with van der Waals surface area (Å²) < 4.78 is 1.16. The lowest BCUT2D eigenvalue weighted by Gasteiger charge is -1.98. The third-order valence-corrected chi connectivity index (χ3v) is 4.66. The first-order valence-corrected chi connectivity index (χ1v) is 8.91. The monoisotopic (exact) mass is 398 g/mol. The van der Waals surface area contributed by atoms with Crippen LogP contribution < -0.4 is 0 Å². The molecule has 0 aliphatic heterocycles. The lowest BCUT2D eigenvalue weighted by Crippen LogP contribution is -1.87. The van der Waals surface area contributed by atoms with Gasteiger partial charge in [0.2, 0.25) is 10.3 Å². The first-order valence-electron chi connectivity index (χ1n) is 6.08. The number of rotatable bonds is 4. The van der Waals surface area contributed by atoms with Crippen LogP contribution in [0.2, 0.25) is 5.02 Å². The summed E-state index contributed by atoms with van der Waals surface area (Å²) >= 11 is 18.6. The highest BCUT2D eigenvalue weighted by molar-refractivity contribution is 7.73. The fraction of sp³-hybridized carbons (Fsp3) is 0. The molecule has 0 radical (unpaired) electrons. The number of aromatic amines is 2. The maximum atomic E-state index is 6.13. The van der Waals surface area contributed by atoms with Gasteiger partial charge in [-0.1, -0.05) is 34.3 Å². The van der Waals surface area contributed by atoms with Crippen LogP contribution in [-0.2, 0) is 0 Å². The Bertz CT molecular complexity index is 919. The van der Waals surface area contributed by atoms with Crippen LogP contribution in [0, 0.1) is 7.91 Å². The van der Waals surface area contributed by atoms with Crippen molar-refractivity contribution in [2.45, 2.75) is 0 Å². The summed E-state index contributed by atoms with van der Waals surface area (Å²) in [7, 11) is 0. The highest BCUT2D eigenvalue weighted by Gasteiger charge is 1.99. The van der Waals surface area contributed by atoms with Crippen molar-refractivity contribution in [3.05, 3.63) is 42.3 Å². The van der Waals surface area contributed by atoms with Crippen molar-refractivity contribution >= 4 is 81.4 Å². The number of aromatic nitrogens is 4. The molecule has 0 saturated heterocycles. The number of nitrogens with zero attached hydrogens (tertiary/aromatic N) is 4. The van der Waals surface area contributed by atoms with Gasteiger partial charge in [0, 0.05) is 17.5 Å². The average molecular weight is 399 g/mol. The van der Waals surface area contributed by atoms with Crippen molar-refractivity contribution in [3.8, 4) is 0 Å².